The van der Waals surface area contributed by atoms with Crippen LogP contribution >= 0.6 is 11.6 Å². The van der Waals surface area contributed by atoms with Crippen LogP contribution in [0.5, 0.6) is 17.2 Å². The number of carbonyl (C=O) groups is 1. The van der Waals surface area contributed by atoms with Crippen molar-refractivity contribution in [3.63, 3.8) is 0 Å². The molecule has 0 fully saturated rings. The highest BCUT2D eigenvalue weighted by molar-refractivity contribution is 6.32. The lowest BCUT2D eigenvalue weighted by Crippen LogP contribution is -2.12. The number of hydrogen-bond acceptors (Lipinski definition) is 4. The highest BCUT2D eigenvalue weighted by Crippen LogP contribution is 2.36. The Labute approximate surface area is 146 Å². The second-order valence-corrected chi connectivity index (χ2v) is 5.43. The van der Waals surface area contributed by atoms with Gasteiger partial charge >= 0.3 is 0 Å². The zero-order valence-corrected chi connectivity index (χ0v) is 14.6. The minimum absolute atomic E-state index is 0.300. The predicted molar refractivity (Wildman–Crippen MR) is 94.7 cm³/mol. The van der Waals surface area contributed by atoms with E-state index in [-0.39, 0.29) is 5.91 Å². The lowest BCUT2D eigenvalue weighted by atomic mass is 10.1. The summed E-state index contributed by atoms with van der Waals surface area (Å²) in [4.78, 5) is 12.5. The van der Waals surface area contributed by atoms with Crippen molar-refractivity contribution in [2.24, 2.45) is 0 Å². The zero-order chi connectivity index (χ0) is 17.5. The summed E-state index contributed by atoms with van der Waals surface area (Å²) in [5, 5.41) is 3.13. The van der Waals surface area contributed by atoms with Gasteiger partial charge in [0.15, 0.2) is 11.5 Å². The van der Waals surface area contributed by atoms with Gasteiger partial charge in [-0.25, -0.2) is 0 Å². The van der Waals surface area contributed by atoms with E-state index in [4.69, 9.17) is 25.8 Å². The van der Waals surface area contributed by atoms with Gasteiger partial charge in [0.25, 0.3) is 5.91 Å². The molecule has 0 atom stereocenters. The van der Waals surface area contributed by atoms with Gasteiger partial charge in [0, 0.05) is 17.3 Å². The molecule has 5 nitrogen and oxygen atoms in total. The van der Waals surface area contributed by atoms with Gasteiger partial charge in [-0.15, -0.1) is 0 Å². The highest BCUT2D eigenvalue weighted by atomic mass is 35.5. The predicted octanol–water partition coefficient (Wildman–Crippen LogP) is 4.40. The molecule has 0 aliphatic rings. The Morgan fingerprint density at radius 2 is 1.96 bits per heavy atom. The second kappa shape index (κ2) is 8.45. The molecule has 0 radical (unpaired) electrons. The number of rotatable bonds is 7. The smallest absolute Gasteiger partial charge is 0.255 e. The molecule has 24 heavy (non-hydrogen) atoms. The molecule has 1 N–H and O–H groups in total. The fourth-order valence-electron chi connectivity index (χ4n) is 2.10. The number of amides is 1. The summed E-state index contributed by atoms with van der Waals surface area (Å²) in [5.74, 6) is 1.22. The number of hydrogen-bond donors (Lipinski definition) is 1. The molecule has 0 heterocycles. The first kappa shape index (κ1) is 17.9. The highest BCUT2D eigenvalue weighted by Gasteiger charge is 2.16. The number of nitrogens with one attached hydrogen (secondary N) is 1. The standard InChI is InChI=1S/C18H20ClNO4/c1-4-8-24-17-15(19)9-12(10-16(17)23-3)18(21)20-13-6-5-7-14(11-13)22-2/h5-7,9-11H,4,8H2,1-3H3,(H,20,21). The van der Waals surface area contributed by atoms with E-state index in [1.165, 1.54) is 7.11 Å². The van der Waals surface area contributed by atoms with Gasteiger partial charge in [0.1, 0.15) is 5.75 Å². The molecule has 1 amide bonds. The average Bonchev–Trinajstić information content (AvgIpc) is 2.60. The van der Waals surface area contributed by atoms with Crippen LogP contribution in [-0.4, -0.2) is 26.7 Å². The van der Waals surface area contributed by atoms with Gasteiger partial charge in [-0.3, -0.25) is 4.79 Å². The topological polar surface area (TPSA) is 56.8 Å². The van der Waals surface area contributed by atoms with E-state index in [0.717, 1.165) is 6.42 Å². The average molecular weight is 350 g/mol. The van der Waals surface area contributed by atoms with Crippen LogP contribution < -0.4 is 19.5 Å². The first-order valence-corrected chi connectivity index (χ1v) is 7.92. The third kappa shape index (κ3) is 4.32. The van der Waals surface area contributed by atoms with Gasteiger partial charge < -0.3 is 19.5 Å². The van der Waals surface area contributed by atoms with E-state index in [2.05, 4.69) is 5.32 Å². The lowest BCUT2D eigenvalue weighted by Gasteiger charge is -2.14. The van der Waals surface area contributed by atoms with E-state index < -0.39 is 0 Å². The molecule has 2 rings (SSSR count). The Kier molecular flexibility index (Phi) is 6.32. The summed E-state index contributed by atoms with van der Waals surface area (Å²) >= 11 is 6.24. The van der Waals surface area contributed by atoms with E-state index in [1.54, 1.807) is 43.5 Å². The van der Waals surface area contributed by atoms with Gasteiger partial charge in [-0.2, -0.15) is 0 Å². The molecular weight excluding hydrogens is 330 g/mol. The Morgan fingerprint density at radius 1 is 1.17 bits per heavy atom. The Balaban J connectivity index is 2.24. The number of anilines is 1. The Hall–Kier alpha value is -2.40. The lowest BCUT2D eigenvalue weighted by molar-refractivity contribution is 0.102. The van der Waals surface area contributed by atoms with E-state index in [1.807, 2.05) is 6.92 Å². The monoisotopic (exact) mass is 349 g/mol. The second-order valence-electron chi connectivity index (χ2n) is 5.02. The number of ether oxygens (including phenoxy) is 3. The molecule has 0 aliphatic heterocycles. The maximum atomic E-state index is 12.5. The van der Waals surface area contributed by atoms with Crippen molar-refractivity contribution in [3.05, 3.63) is 47.0 Å². The molecule has 0 saturated heterocycles. The van der Waals surface area contributed by atoms with Crippen molar-refractivity contribution in [2.45, 2.75) is 13.3 Å². The molecule has 2 aromatic carbocycles. The molecule has 128 valence electrons. The summed E-state index contributed by atoms with van der Waals surface area (Å²) < 4.78 is 16.0. The minimum Gasteiger partial charge on any atom is -0.497 e. The number of benzene rings is 2. The van der Waals surface area contributed by atoms with Crippen LogP contribution in [0.1, 0.15) is 23.7 Å². The molecule has 0 unspecified atom stereocenters. The minimum atomic E-state index is -0.300. The van der Waals surface area contributed by atoms with Crippen molar-refractivity contribution in [1.29, 1.82) is 0 Å². The van der Waals surface area contributed by atoms with Crippen molar-refractivity contribution in [1.82, 2.24) is 0 Å². The van der Waals surface area contributed by atoms with Gasteiger partial charge in [-0.1, -0.05) is 24.6 Å². The van der Waals surface area contributed by atoms with E-state index in [0.29, 0.717) is 40.1 Å². The first-order chi connectivity index (χ1) is 11.6. The molecular formula is C18H20ClNO4. The molecule has 6 heteroatoms. The van der Waals surface area contributed by atoms with Crippen molar-refractivity contribution >= 4 is 23.2 Å². The third-order valence-corrected chi connectivity index (χ3v) is 3.55. The number of halogens is 1. The first-order valence-electron chi connectivity index (χ1n) is 7.54. The molecule has 0 bridgehead atoms. The number of methoxy groups -OCH3 is 2. The van der Waals surface area contributed by atoms with Crippen molar-refractivity contribution < 1.29 is 19.0 Å². The van der Waals surface area contributed by atoms with Crippen molar-refractivity contribution in [3.8, 4) is 17.2 Å². The van der Waals surface area contributed by atoms with Crippen LogP contribution in [0.15, 0.2) is 36.4 Å². The fraction of sp³-hybridized carbons (Fsp3) is 0.278. The zero-order valence-electron chi connectivity index (χ0n) is 13.9. The van der Waals surface area contributed by atoms with E-state index >= 15 is 0 Å². The van der Waals surface area contributed by atoms with Crippen LogP contribution in [0.3, 0.4) is 0 Å². The number of carbonyl (C=O) groups excluding carboxylic acids is 1. The molecule has 0 aromatic heterocycles. The summed E-state index contributed by atoms with van der Waals surface area (Å²) in [6.07, 6.45) is 0.845. The summed E-state index contributed by atoms with van der Waals surface area (Å²) in [6, 6.07) is 10.3. The molecule has 0 spiro atoms. The maximum Gasteiger partial charge on any atom is 0.255 e. The Bertz CT molecular complexity index is 718. The molecule has 0 saturated carbocycles. The van der Waals surface area contributed by atoms with Crippen LogP contribution in [0, 0.1) is 0 Å². The fourth-order valence-corrected chi connectivity index (χ4v) is 2.36. The van der Waals surface area contributed by atoms with Gasteiger partial charge in [0.05, 0.1) is 25.8 Å². The maximum absolute atomic E-state index is 12.5. The summed E-state index contributed by atoms with van der Waals surface area (Å²) in [5.41, 5.74) is 1.00. The van der Waals surface area contributed by atoms with Crippen LogP contribution in [0.4, 0.5) is 5.69 Å². The molecule has 0 aliphatic carbocycles. The van der Waals surface area contributed by atoms with Crippen LogP contribution in [0.25, 0.3) is 0 Å². The third-order valence-electron chi connectivity index (χ3n) is 3.27. The van der Waals surface area contributed by atoms with E-state index in [9.17, 15) is 4.79 Å². The SMILES string of the molecule is CCCOc1c(Cl)cc(C(=O)Nc2cccc(OC)c2)cc1OC. The largest absolute Gasteiger partial charge is 0.497 e. The van der Waals surface area contributed by atoms with Crippen molar-refractivity contribution in [2.75, 3.05) is 26.1 Å². The van der Waals surface area contributed by atoms with Crippen LogP contribution in [0.2, 0.25) is 5.02 Å². The Morgan fingerprint density at radius 3 is 2.62 bits per heavy atom. The van der Waals surface area contributed by atoms with Gasteiger partial charge in [-0.05, 0) is 30.7 Å². The van der Waals surface area contributed by atoms with Gasteiger partial charge in [0.2, 0.25) is 0 Å². The quantitative estimate of drug-likeness (QED) is 0.805. The molecule has 2 aromatic rings. The normalized spacial score (nSPS) is 10.2. The summed E-state index contributed by atoms with van der Waals surface area (Å²) in [6.45, 7) is 2.52. The van der Waals surface area contributed by atoms with Crippen LogP contribution in [-0.2, 0) is 0 Å². The summed E-state index contributed by atoms with van der Waals surface area (Å²) in [7, 11) is 3.08.